The highest BCUT2D eigenvalue weighted by molar-refractivity contribution is 5.74. The van der Waals surface area contributed by atoms with Crippen LogP contribution in [0.2, 0.25) is 0 Å². The van der Waals surface area contributed by atoms with Crippen LogP contribution in [0.5, 0.6) is 0 Å². The van der Waals surface area contributed by atoms with Crippen molar-refractivity contribution < 1.29 is 4.79 Å². The molecule has 0 aliphatic carbocycles. The van der Waals surface area contributed by atoms with Crippen molar-refractivity contribution in [3.05, 3.63) is 17.5 Å². The zero-order valence-electron chi connectivity index (χ0n) is 10.4. The summed E-state index contributed by atoms with van der Waals surface area (Å²) in [5.41, 5.74) is 2.33. The third-order valence-corrected chi connectivity index (χ3v) is 3.12. The van der Waals surface area contributed by atoms with Gasteiger partial charge in [0.05, 0.1) is 5.69 Å². The monoisotopic (exact) mass is 221 g/mol. The predicted molar refractivity (Wildman–Crippen MR) is 62.3 cm³/mol. The normalized spacial score (nSPS) is 16.7. The Labute approximate surface area is 96.2 Å². The van der Waals surface area contributed by atoms with E-state index >= 15 is 0 Å². The van der Waals surface area contributed by atoms with E-state index in [2.05, 4.69) is 29.7 Å². The molecule has 0 unspecified atom stereocenters. The SMILES string of the molecule is CC(=O)N1CC(c2cc(C)nn2C(C)C)C1. The van der Waals surface area contributed by atoms with Crippen LogP contribution in [0.15, 0.2) is 6.07 Å². The molecular formula is C12H19N3O. The Morgan fingerprint density at radius 2 is 2.12 bits per heavy atom. The van der Waals surface area contributed by atoms with Crippen molar-refractivity contribution >= 4 is 5.91 Å². The fraction of sp³-hybridized carbons (Fsp3) is 0.667. The number of likely N-dealkylation sites (tertiary alicyclic amines) is 1. The first-order valence-electron chi connectivity index (χ1n) is 5.80. The van der Waals surface area contributed by atoms with E-state index in [-0.39, 0.29) is 5.91 Å². The highest BCUT2D eigenvalue weighted by Gasteiger charge is 2.32. The molecule has 0 bridgehead atoms. The van der Waals surface area contributed by atoms with Gasteiger partial charge in [-0.2, -0.15) is 5.10 Å². The quantitative estimate of drug-likeness (QED) is 0.762. The molecule has 0 spiro atoms. The molecule has 0 radical (unpaired) electrons. The largest absolute Gasteiger partial charge is 0.341 e. The first-order chi connectivity index (χ1) is 7.49. The molecule has 4 nitrogen and oxygen atoms in total. The van der Waals surface area contributed by atoms with E-state index in [1.165, 1.54) is 5.69 Å². The Bertz CT molecular complexity index is 402. The molecule has 1 aliphatic rings. The third-order valence-electron chi connectivity index (χ3n) is 3.12. The number of amides is 1. The van der Waals surface area contributed by atoms with Gasteiger partial charge < -0.3 is 4.90 Å². The fourth-order valence-corrected chi connectivity index (χ4v) is 2.18. The number of aryl methyl sites for hydroxylation is 1. The highest BCUT2D eigenvalue weighted by atomic mass is 16.2. The maximum atomic E-state index is 11.1. The van der Waals surface area contributed by atoms with Gasteiger partial charge in [-0.15, -0.1) is 0 Å². The number of carbonyl (C=O) groups is 1. The molecule has 1 aromatic rings. The second-order valence-electron chi connectivity index (χ2n) is 4.87. The van der Waals surface area contributed by atoms with Crippen LogP contribution in [0.3, 0.4) is 0 Å². The topological polar surface area (TPSA) is 38.1 Å². The van der Waals surface area contributed by atoms with Crippen LogP contribution in [-0.4, -0.2) is 33.7 Å². The molecule has 1 saturated heterocycles. The van der Waals surface area contributed by atoms with Gasteiger partial charge >= 0.3 is 0 Å². The van der Waals surface area contributed by atoms with Crippen molar-refractivity contribution in [1.82, 2.24) is 14.7 Å². The number of rotatable bonds is 2. The summed E-state index contributed by atoms with van der Waals surface area (Å²) in [4.78, 5) is 13.0. The number of aromatic nitrogens is 2. The summed E-state index contributed by atoms with van der Waals surface area (Å²) in [6.45, 7) is 9.60. The lowest BCUT2D eigenvalue weighted by atomic mass is 9.95. The molecule has 0 atom stereocenters. The van der Waals surface area contributed by atoms with Crippen LogP contribution < -0.4 is 0 Å². The Balaban J connectivity index is 2.14. The Kier molecular flexibility index (Phi) is 2.74. The van der Waals surface area contributed by atoms with Crippen molar-refractivity contribution in [2.75, 3.05) is 13.1 Å². The first-order valence-corrected chi connectivity index (χ1v) is 5.80. The van der Waals surface area contributed by atoms with Gasteiger partial charge in [-0.3, -0.25) is 9.48 Å². The lowest BCUT2D eigenvalue weighted by Crippen LogP contribution is -2.48. The van der Waals surface area contributed by atoms with Crippen LogP contribution in [-0.2, 0) is 4.79 Å². The number of hydrogen-bond acceptors (Lipinski definition) is 2. The molecule has 2 heterocycles. The molecule has 1 aromatic heterocycles. The molecular weight excluding hydrogens is 202 g/mol. The molecule has 2 rings (SSSR count). The molecule has 1 amide bonds. The minimum absolute atomic E-state index is 0.170. The zero-order valence-corrected chi connectivity index (χ0v) is 10.4. The van der Waals surface area contributed by atoms with E-state index in [0.29, 0.717) is 12.0 Å². The van der Waals surface area contributed by atoms with E-state index < -0.39 is 0 Å². The minimum Gasteiger partial charge on any atom is -0.341 e. The van der Waals surface area contributed by atoms with Crippen molar-refractivity contribution in [2.24, 2.45) is 0 Å². The highest BCUT2D eigenvalue weighted by Crippen LogP contribution is 2.29. The molecule has 1 aliphatic heterocycles. The molecule has 0 aromatic carbocycles. The summed E-state index contributed by atoms with van der Waals surface area (Å²) in [6.07, 6.45) is 0. The fourth-order valence-electron chi connectivity index (χ4n) is 2.18. The molecule has 88 valence electrons. The summed E-state index contributed by atoms with van der Waals surface area (Å²) in [6, 6.07) is 2.53. The summed E-state index contributed by atoms with van der Waals surface area (Å²) < 4.78 is 2.08. The maximum Gasteiger partial charge on any atom is 0.219 e. The molecule has 0 N–H and O–H groups in total. The summed E-state index contributed by atoms with van der Waals surface area (Å²) in [5, 5.41) is 4.50. The average Bonchev–Trinajstić information content (AvgIpc) is 2.43. The maximum absolute atomic E-state index is 11.1. The van der Waals surface area contributed by atoms with Gasteiger partial charge in [-0.1, -0.05) is 0 Å². The second kappa shape index (κ2) is 3.92. The van der Waals surface area contributed by atoms with Gasteiger partial charge in [0.1, 0.15) is 0 Å². The average molecular weight is 221 g/mol. The van der Waals surface area contributed by atoms with Gasteiger partial charge in [0, 0.05) is 37.7 Å². The van der Waals surface area contributed by atoms with Gasteiger partial charge in [-0.25, -0.2) is 0 Å². The van der Waals surface area contributed by atoms with Gasteiger partial charge in [0.2, 0.25) is 5.91 Å². The summed E-state index contributed by atoms with van der Waals surface area (Å²) in [5.74, 6) is 0.635. The van der Waals surface area contributed by atoms with Gasteiger partial charge in [0.15, 0.2) is 0 Å². The van der Waals surface area contributed by atoms with Gasteiger partial charge in [-0.05, 0) is 26.8 Å². The van der Waals surface area contributed by atoms with Gasteiger partial charge in [0.25, 0.3) is 0 Å². The van der Waals surface area contributed by atoms with Crippen LogP contribution >= 0.6 is 0 Å². The van der Waals surface area contributed by atoms with Crippen molar-refractivity contribution in [3.63, 3.8) is 0 Å². The predicted octanol–water partition coefficient (Wildman–Crippen LogP) is 1.72. The smallest absolute Gasteiger partial charge is 0.219 e. The van der Waals surface area contributed by atoms with E-state index in [4.69, 9.17) is 0 Å². The first kappa shape index (κ1) is 11.2. The van der Waals surface area contributed by atoms with Crippen LogP contribution in [0.4, 0.5) is 0 Å². The Morgan fingerprint density at radius 1 is 1.50 bits per heavy atom. The molecule has 4 heteroatoms. The Hall–Kier alpha value is -1.32. The van der Waals surface area contributed by atoms with E-state index in [0.717, 1.165) is 18.8 Å². The lowest BCUT2D eigenvalue weighted by Gasteiger charge is -2.39. The van der Waals surface area contributed by atoms with E-state index in [1.807, 2.05) is 11.8 Å². The second-order valence-corrected chi connectivity index (χ2v) is 4.87. The standard InChI is InChI=1S/C12H19N3O/c1-8(2)15-12(5-9(3)13-15)11-6-14(7-11)10(4)16/h5,8,11H,6-7H2,1-4H3. The summed E-state index contributed by atoms with van der Waals surface area (Å²) in [7, 11) is 0. The molecule has 16 heavy (non-hydrogen) atoms. The van der Waals surface area contributed by atoms with Crippen LogP contribution in [0, 0.1) is 6.92 Å². The van der Waals surface area contributed by atoms with Crippen molar-refractivity contribution in [3.8, 4) is 0 Å². The number of hydrogen-bond donors (Lipinski definition) is 0. The van der Waals surface area contributed by atoms with Crippen molar-refractivity contribution in [2.45, 2.75) is 39.7 Å². The number of carbonyl (C=O) groups excluding carboxylic acids is 1. The number of nitrogens with zero attached hydrogens (tertiary/aromatic N) is 3. The van der Waals surface area contributed by atoms with E-state index in [9.17, 15) is 4.79 Å². The summed E-state index contributed by atoms with van der Waals surface area (Å²) >= 11 is 0. The minimum atomic E-state index is 0.170. The third kappa shape index (κ3) is 1.84. The lowest BCUT2D eigenvalue weighted by molar-refractivity contribution is -0.133. The van der Waals surface area contributed by atoms with Crippen LogP contribution in [0.1, 0.15) is 44.1 Å². The molecule has 0 saturated carbocycles. The van der Waals surface area contributed by atoms with Crippen LogP contribution in [0.25, 0.3) is 0 Å². The zero-order chi connectivity index (χ0) is 11.9. The van der Waals surface area contributed by atoms with Crippen molar-refractivity contribution in [1.29, 1.82) is 0 Å². The Morgan fingerprint density at radius 3 is 2.62 bits per heavy atom. The van der Waals surface area contributed by atoms with E-state index in [1.54, 1.807) is 6.92 Å². The molecule has 1 fully saturated rings.